The maximum Gasteiger partial charge on any atom is 0.179 e. The average molecular weight is 416 g/mol. The molecule has 6 heteroatoms. The number of rotatable bonds is 13. The van der Waals surface area contributed by atoms with Crippen molar-refractivity contribution >= 4 is 5.78 Å². The second-order valence-electron chi connectivity index (χ2n) is 7.06. The fourth-order valence-electron chi connectivity index (χ4n) is 3.49. The Morgan fingerprint density at radius 3 is 2.00 bits per heavy atom. The van der Waals surface area contributed by atoms with Gasteiger partial charge in [-0.05, 0) is 62.2 Å². The molecule has 0 aliphatic heterocycles. The van der Waals surface area contributed by atoms with E-state index in [2.05, 4.69) is 11.4 Å². The molecule has 30 heavy (non-hydrogen) atoms. The largest absolute Gasteiger partial charge is 0.493 e. The Labute approximate surface area is 179 Å². The standard InChI is InChI=1S/C24H33NO5/c1-25-19(24(26)18-12-14-21(28-3)23(16-18)30-5)10-8-6-7-9-17-11-13-20(27-2)22(15-17)29-4/h11-16,19,25H,6-10H2,1-5H3. The molecule has 0 spiro atoms. The van der Waals surface area contributed by atoms with Crippen molar-refractivity contribution in [2.45, 2.75) is 38.1 Å². The summed E-state index contributed by atoms with van der Waals surface area (Å²) in [6.07, 6.45) is 4.82. The monoisotopic (exact) mass is 415 g/mol. The third-order valence-electron chi connectivity index (χ3n) is 5.24. The van der Waals surface area contributed by atoms with Crippen molar-refractivity contribution in [3.05, 3.63) is 47.5 Å². The van der Waals surface area contributed by atoms with Gasteiger partial charge in [0.1, 0.15) is 0 Å². The molecular weight excluding hydrogens is 382 g/mol. The molecule has 0 amide bonds. The van der Waals surface area contributed by atoms with Crippen molar-refractivity contribution in [2.24, 2.45) is 0 Å². The summed E-state index contributed by atoms with van der Waals surface area (Å²) in [4.78, 5) is 12.9. The summed E-state index contributed by atoms with van der Waals surface area (Å²) in [5, 5.41) is 3.15. The summed E-state index contributed by atoms with van der Waals surface area (Å²) in [6.45, 7) is 0. The molecule has 1 atom stereocenters. The van der Waals surface area contributed by atoms with E-state index in [0.717, 1.165) is 43.6 Å². The SMILES string of the molecule is CNC(CCCCCc1ccc(OC)c(OC)c1)C(=O)c1ccc(OC)c(OC)c1. The van der Waals surface area contributed by atoms with Gasteiger partial charge in [-0.3, -0.25) is 4.79 Å². The van der Waals surface area contributed by atoms with Crippen LogP contribution in [0.2, 0.25) is 0 Å². The number of ketones is 1. The second kappa shape index (κ2) is 12.1. The quantitative estimate of drug-likeness (QED) is 0.389. The maximum absolute atomic E-state index is 12.9. The first-order chi connectivity index (χ1) is 14.6. The van der Waals surface area contributed by atoms with E-state index in [9.17, 15) is 4.79 Å². The van der Waals surface area contributed by atoms with E-state index in [1.807, 2.05) is 19.2 Å². The number of carbonyl (C=O) groups is 1. The molecule has 2 rings (SSSR count). The van der Waals surface area contributed by atoms with E-state index in [-0.39, 0.29) is 11.8 Å². The molecule has 0 aliphatic rings. The molecule has 2 aromatic rings. The zero-order valence-electron chi connectivity index (χ0n) is 18.6. The van der Waals surface area contributed by atoms with Gasteiger partial charge in [-0.15, -0.1) is 0 Å². The van der Waals surface area contributed by atoms with Crippen LogP contribution >= 0.6 is 0 Å². The molecule has 0 aromatic heterocycles. The van der Waals surface area contributed by atoms with Gasteiger partial charge in [0.15, 0.2) is 28.8 Å². The summed E-state index contributed by atoms with van der Waals surface area (Å²) in [7, 11) is 8.26. The topological polar surface area (TPSA) is 66.0 Å². The lowest BCUT2D eigenvalue weighted by molar-refractivity contribution is 0.0940. The van der Waals surface area contributed by atoms with Crippen molar-refractivity contribution in [3.8, 4) is 23.0 Å². The van der Waals surface area contributed by atoms with Gasteiger partial charge in [0.05, 0.1) is 34.5 Å². The molecule has 0 aliphatic carbocycles. The highest BCUT2D eigenvalue weighted by Crippen LogP contribution is 2.29. The van der Waals surface area contributed by atoms with Crippen LogP contribution in [-0.4, -0.2) is 47.3 Å². The van der Waals surface area contributed by atoms with E-state index in [0.29, 0.717) is 17.1 Å². The number of aryl methyl sites for hydroxylation is 1. The van der Waals surface area contributed by atoms with Gasteiger partial charge in [-0.2, -0.15) is 0 Å². The summed E-state index contributed by atoms with van der Waals surface area (Å²) in [5.41, 5.74) is 1.84. The first kappa shape index (κ1) is 23.5. The molecule has 6 nitrogen and oxygen atoms in total. The van der Waals surface area contributed by atoms with Gasteiger partial charge in [-0.25, -0.2) is 0 Å². The first-order valence-corrected chi connectivity index (χ1v) is 10.2. The molecule has 2 aromatic carbocycles. The number of hydrogen-bond acceptors (Lipinski definition) is 6. The third kappa shape index (κ3) is 6.13. The van der Waals surface area contributed by atoms with Crippen LogP contribution in [0.4, 0.5) is 0 Å². The predicted octanol–water partition coefficient (Wildman–Crippen LogP) is 4.29. The van der Waals surface area contributed by atoms with Gasteiger partial charge in [0.25, 0.3) is 0 Å². The Hall–Kier alpha value is -2.73. The Balaban J connectivity index is 1.85. The van der Waals surface area contributed by atoms with Crippen LogP contribution < -0.4 is 24.3 Å². The van der Waals surface area contributed by atoms with Gasteiger partial charge in [-0.1, -0.05) is 18.9 Å². The van der Waals surface area contributed by atoms with Crippen LogP contribution in [-0.2, 0) is 6.42 Å². The highest BCUT2D eigenvalue weighted by atomic mass is 16.5. The van der Waals surface area contributed by atoms with E-state index >= 15 is 0 Å². The summed E-state index contributed by atoms with van der Waals surface area (Å²) in [5.74, 6) is 2.74. The lowest BCUT2D eigenvalue weighted by Crippen LogP contribution is -2.34. The molecule has 1 unspecified atom stereocenters. The molecule has 0 saturated carbocycles. The lowest BCUT2D eigenvalue weighted by Gasteiger charge is -2.16. The molecule has 164 valence electrons. The molecule has 1 N–H and O–H groups in total. The lowest BCUT2D eigenvalue weighted by atomic mass is 9.97. The molecule has 0 saturated heterocycles. The predicted molar refractivity (Wildman–Crippen MR) is 118 cm³/mol. The molecule has 0 radical (unpaired) electrons. The minimum atomic E-state index is -0.218. The fourth-order valence-corrected chi connectivity index (χ4v) is 3.49. The van der Waals surface area contributed by atoms with Crippen molar-refractivity contribution in [2.75, 3.05) is 35.5 Å². The summed E-state index contributed by atoms with van der Waals surface area (Å²) < 4.78 is 21.2. The van der Waals surface area contributed by atoms with Crippen LogP contribution in [0.15, 0.2) is 36.4 Å². The third-order valence-corrected chi connectivity index (χ3v) is 5.24. The zero-order chi connectivity index (χ0) is 21.9. The number of ether oxygens (including phenoxy) is 4. The minimum absolute atomic E-state index is 0.0679. The van der Waals surface area contributed by atoms with Gasteiger partial charge in [0.2, 0.25) is 0 Å². The highest BCUT2D eigenvalue weighted by molar-refractivity contribution is 6.00. The van der Waals surface area contributed by atoms with Gasteiger partial charge < -0.3 is 24.3 Å². The first-order valence-electron chi connectivity index (χ1n) is 10.2. The van der Waals surface area contributed by atoms with Crippen molar-refractivity contribution in [1.82, 2.24) is 5.32 Å². The highest BCUT2D eigenvalue weighted by Gasteiger charge is 2.19. The van der Waals surface area contributed by atoms with Crippen molar-refractivity contribution < 1.29 is 23.7 Å². The number of hydrogen-bond donors (Lipinski definition) is 1. The van der Waals surface area contributed by atoms with E-state index < -0.39 is 0 Å². The van der Waals surface area contributed by atoms with E-state index in [4.69, 9.17) is 18.9 Å². The Bertz CT molecular complexity index is 821. The molecular formula is C24H33NO5. The van der Waals surface area contributed by atoms with Crippen LogP contribution in [0, 0.1) is 0 Å². The number of nitrogens with one attached hydrogen (secondary N) is 1. The van der Waals surface area contributed by atoms with Gasteiger partial charge >= 0.3 is 0 Å². The van der Waals surface area contributed by atoms with Gasteiger partial charge in [0, 0.05) is 5.56 Å². The van der Waals surface area contributed by atoms with Crippen LogP contribution in [0.3, 0.4) is 0 Å². The van der Waals surface area contributed by atoms with Crippen molar-refractivity contribution in [1.29, 1.82) is 0 Å². The second-order valence-corrected chi connectivity index (χ2v) is 7.06. The van der Waals surface area contributed by atoms with Crippen LogP contribution in [0.25, 0.3) is 0 Å². The molecule has 0 bridgehead atoms. The number of methoxy groups -OCH3 is 4. The Morgan fingerprint density at radius 1 is 0.800 bits per heavy atom. The number of likely N-dealkylation sites (N-methyl/N-ethyl adjacent to an activating group) is 1. The number of benzene rings is 2. The number of Topliss-reactive ketones (excluding diaryl/α,β-unsaturated/α-hetero) is 1. The number of carbonyl (C=O) groups excluding carboxylic acids is 1. The van der Waals surface area contributed by atoms with Crippen molar-refractivity contribution in [3.63, 3.8) is 0 Å². The smallest absolute Gasteiger partial charge is 0.179 e. The average Bonchev–Trinajstić information content (AvgIpc) is 2.80. The Kier molecular flexibility index (Phi) is 9.48. The minimum Gasteiger partial charge on any atom is -0.493 e. The van der Waals surface area contributed by atoms with Crippen LogP contribution in [0.5, 0.6) is 23.0 Å². The molecule has 0 fully saturated rings. The zero-order valence-corrected chi connectivity index (χ0v) is 18.6. The summed E-state index contributed by atoms with van der Waals surface area (Å²) >= 11 is 0. The Morgan fingerprint density at radius 2 is 1.40 bits per heavy atom. The van der Waals surface area contributed by atoms with E-state index in [1.165, 1.54) is 5.56 Å². The maximum atomic E-state index is 12.9. The normalized spacial score (nSPS) is 11.6. The number of unbranched alkanes of at least 4 members (excludes halogenated alkanes) is 2. The van der Waals surface area contributed by atoms with Crippen LogP contribution in [0.1, 0.15) is 41.6 Å². The fraction of sp³-hybridized carbons (Fsp3) is 0.458. The summed E-state index contributed by atoms with van der Waals surface area (Å²) in [6, 6.07) is 11.1. The molecule has 0 heterocycles. The van der Waals surface area contributed by atoms with E-state index in [1.54, 1.807) is 46.6 Å².